The molecule has 0 aliphatic carbocycles. The van der Waals surface area contributed by atoms with Crippen LogP contribution in [0.25, 0.3) is 0 Å². The minimum absolute atomic E-state index is 0.0908. The average molecular weight is 317 g/mol. The maximum absolute atomic E-state index is 14.1. The van der Waals surface area contributed by atoms with Crippen LogP contribution in [0.1, 0.15) is 25.8 Å². The lowest BCUT2D eigenvalue weighted by molar-refractivity contribution is 0.259. The van der Waals surface area contributed by atoms with Gasteiger partial charge in [0.2, 0.25) is 5.75 Å². The van der Waals surface area contributed by atoms with Crippen molar-refractivity contribution >= 4 is 0 Å². The summed E-state index contributed by atoms with van der Waals surface area (Å²) in [5.41, 5.74) is 7.13. The van der Waals surface area contributed by atoms with E-state index in [0.717, 1.165) is 12.0 Å². The number of ether oxygens (including phenoxy) is 2. The number of nitrogens with two attached hydrogens (primary N) is 1. The fraction of sp³-hybridized carbons (Fsp3) is 0.368. The summed E-state index contributed by atoms with van der Waals surface area (Å²) in [5, 5.41) is 0. The van der Waals surface area contributed by atoms with Gasteiger partial charge in [-0.2, -0.15) is 0 Å². The van der Waals surface area contributed by atoms with Crippen LogP contribution in [0, 0.1) is 18.7 Å². The van der Waals surface area contributed by atoms with Gasteiger partial charge in [-0.05, 0) is 43.5 Å². The van der Waals surface area contributed by atoms with Crippen LogP contribution in [0.5, 0.6) is 17.2 Å². The summed E-state index contributed by atoms with van der Waals surface area (Å²) in [6, 6.07) is 12.0. The second kappa shape index (κ2) is 7.97. The topological polar surface area (TPSA) is 44.5 Å². The van der Waals surface area contributed by atoms with E-state index in [1.165, 1.54) is 6.07 Å². The molecule has 2 aromatic carbocycles. The first kappa shape index (κ1) is 17.3. The van der Waals surface area contributed by atoms with Crippen molar-refractivity contribution in [3.05, 3.63) is 53.8 Å². The fourth-order valence-electron chi connectivity index (χ4n) is 2.30. The summed E-state index contributed by atoms with van der Waals surface area (Å²) in [6.45, 7) is 6.52. The van der Waals surface area contributed by atoms with E-state index < -0.39 is 5.82 Å². The van der Waals surface area contributed by atoms with E-state index >= 15 is 0 Å². The highest BCUT2D eigenvalue weighted by molar-refractivity contribution is 5.44. The number of aryl methyl sites for hydroxylation is 1. The summed E-state index contributed by atoms with van der Waals surface area (Å²) in [5.74, 6) is 1.06. The van der Waals surface area contributed by atoms with Crippen LogP contribution in [0.2, 0.25) is 0 Å². The standard InChI is InChI=1S/C19H24FNO2/c1-13(2)11-15(21)12-22-18-6-4-5-17(20)19(18)23-16-9-7-14(3)8-10-16/h4-10,13,15H,11-12,21H2,1-3H3/t15-/m0/s1. The van der Waals surface area contributed by atoms with Crippen LogP contribution in [0.4, 0.5) is 4.39 Å². The Morgan fingerprint density at radius 1 is 1.09 bits per heavy atom. The molecule has 0 aromatic heterocycles. The van der Waals surface area contributed by atoms with Gasteiger partial charge in [0, 0.05) is 6.04 Å². The van der Waals surface area contributed by atoms with Crippen LogP contribution >= 0.6 is 0 Å². The van der Waals surface area contributed by atoms with Crippen molar-refractivity contribution in [2.75, 3.05) is 6.61 Å². The molecule has 0 fully saturated rings. The number of rotatable bonds is 7. The van der Waals surface area contributed by atoms with Gasteiger partial charge in [-0.15, -0.1) is 0 Å². The highest BCUT2D eigenvalue weighted by Gasteiger charge is 2.14. The molecule has 0 aliphatic rings. The summed E-state index contributed by atoms with van der Waals surface area (Å²) >= 11 is 0. The quantitative estimate of drug-likeness (QED) is 0.806. The highest BCUT2D eigenvalue weighted by atomic mass is 19.1. The van der Waals surface area contributed by atoms with E-state index in [1.807, 2.05) is 19.1 Å². The molecule has 3 nitrogen and oxygen atoms in total. The largest absolute Gasteiger partial charge is 0.488 e. The van der Waals surface area contributed by atoms with E-state index in [-0.39, 0.29) is 11.8 Å². The molecule has 0 radical (unpaired) electrons. The zero-order valence-corrected chi connectivity index (χ0v) is 13.9. The van der Waals surface area contributed by atoms with Crippen molar-refractivity contribution in [3.63, 3.8) is 0 Å². The van der Waals surface area contributed by atoms with Crippen LogP contribution < -0.4 is 15.2 Å². The number of hydrogen-bond acceptors (Lipinski definition) is 3. The molecule has 0 heterocycles. The van der Waals surface area contributed by atoms with Crippen molar-refractivity contribution in [1.82, 2.24) is 0 Å². The van der Waals surface area contributed by atoms with Crippen LogP contribution in [-0.4, -0.2) is 12.6 Å². The minimum Gasteiger partial charge on any atom is -0.488 e. The zero-order chi connectivity index (χ0) is 16.8. The van der Waals surface area contributed by atoms with Gasteiger partial charge in [-0.25, -0.2) is 4.39 Å². The number of para-hydroxylation sites is 1. The van der Waals surface area contributed by atoms with Crippen molar-refractivity contribution in [1.29, 1.82) is 0 Å². The van der Waals surface area contributed by atoms with Gasteiger partial charge in [-0.1, -0.05) is 37.6 Å². The molecule has 0 saturated heterocycles. The van der Waals surface area contributed by atoms with Gasteiger partial charge in [0.25, 0.3) is 0 Å². The van der Waals surface area contributed by atoms with E-state index in [1.54, 1.807) is 24.3 Å². The van der Waals surface area contributed by atoms with E-state index in [9.17, 15) is 4.39 Å². The maximum atomic E-state index is 14.1. The summed E-state index contributed by atoms with van der Waals surface area (Å²) in [7, 11) is 0. The first-order valence-electron chi connectivity index (χ1n) is 7.87. The monoisotopic (exact) mass is 317 g/mol. The van der Waals surface area contributed by atoms with Gasteiger partial charge < -0.3 is 15.2 Å². The Balaban J connectivity index is 2.11. The second-order valence-electron chi connectivity index (χ2n) is 6.18. The third-order valence-electron chi connectivity index (χ3n) is 3.40. The predicted octanol–water partition coefficient (Wildman–Crippen LogP) is 4.68. The molecule has 4 heteroatoms. The molecular formula is C19H24FNO2. The van der Waals surface area contributed by atoms with Crippen LogP contribution in [0.3, 0.4) is 0 Å². The Morgan fingerprint density at radius 3 is 2.43 bits per heavy atom. The number of hydrogen-bond donors (Lipinski definition) is 1. The normalized spacial score (nSPS) is 12.3. The fourth-order valence-corrected chi connectivity index (χ4v) is 2.30. The van der Waals surface area contributed by atoms with E-state index in [2.05, 4.69) is 13.8 Å². The Hall–Kier alpha value is -2.07. The van der Waals surface area contributed by atoms with Gasteiger partial charge in [0.1, 0.15) is 12.4 Å². The highest BCUT2D eigenvalue weighted by Crippen LogP contribution is 2.34. The number of halogens is 1. The predicted molar refractivity (Wildman–Crippen MR) is 90.6 cm³/mol. The van der Waals surface area contributed by atoms with Gasteiger partial charge in [-0.3, -0.25) is 0 Å². The number of benzene rings is 2. The van der Waals surface area contributed by atoms with E-state index in [0.29, 0.717) is 24.0 Å². The third-order valence-corrected chi connectivity index (χ3v) is 3.40. The van der Waals surface area contributed by atoms with Crippen LogP contribution in [-0.2, 0) is 0 Å². The van der Waals surface area contributed by atoms with Crippen LogP contribution in [0.15, 0.2) is 42.5 Å². The lowest BCUT2D eigenvalue weighted by Gasteiger charge is -2.17. The first-order valence-corrected chi connectivity index (χ1v) is 7.87. The Morgan fingerprint density at radius 2 is 1.78 bits per heavy atom. The summed E-state index contributed by atoms with van der Waals surface area (Å²) < 4.78 is 25.5. The SMILES string of the molecule is Cc1ccc(Oc2c(F)cccc2OC[C@@H](N)CC(C)C)cc1. The average Bonchev–Trinajstić information content (AvgIpc) is 2.49. The lowest BCUT2D eigenvalue weighted by atomic mass is 10.1. The molecule has 0 saturated carbocycles. The summed E-state index contributed by atoms with van der Waals surface area (Å²) in [6.07, 6.45) is 0.851. The lowest BCUT2D eigenvalue weighted by Crippen LogP contribution is -2.29. The molecule has 0 amide bonds. The molecule has 23 heavy (non-hydrogen) atoms. The molecule has 2 rings (SSSR count). The van der Waals surface area contributed by atoms with E-state index in [4.69, 9.17) is 15.2 Å². The third kappa shape index (κ3) is 5.25. The first-order chi connectivity index (χ1) is 11.0. The maximum Gasteiger partial charge on any atom is 0.204 e. The molecule has 124 valence electrons. The molecule has 2 aromatic rings. The molecule has 0 bridgehead atoms. The van der Waals surface area contributed by atoms with Crippen molar-refractivity contribution < 1.29 is 13.9 Å². The second-order valence-corrected chi connectivity index (χ2v) is 6.18. The van der Waals surface area contributed by atoms with Crippen molar-refractivity contribution in [3.8, 4) is 17.2 Å². The summed E-state index contributed by atoms with van der Waals surface area (Å²) in [4.78, 5) is 0. The smallest absolute Gasteiger partial charge is 0.204 e. The molecular weight excluding hydrogens is 293 g/mol. The minimum atomic E-state index is -0.458. The van der Waals surface area contributed by atoms with Gasteiger partial charge in [0.15, 0.2) is 11.6 Å². The Kier molecular flexibility index (Phi) is 5.99. The molecule has 0 aliphatic heterocycles. The molecule has 0 unspecified atom stereocenters. The van der Waals surface area contributed by atoms with Crippen molar-refractivity contribution in [2.45, 2.75) is 33.2 Å². The zero-order valence-electron chi connectivity index (χ0n) is 13.9. The Labute approximate surface area is 137 Å². The Bertz CT molecular complexity index is 626. The van der Waals surface area contributed by atoms with Gasteiger partial charge >= 0.3 is 0 Å². The van der Waals surface area contributed by atoms with Gasteiger partial charge in [0.05, 0.1) is 0 Å². The van der Waals surface area contributed by atoms with Crippen molar-refractivity contribution in [2.24, 2.45) is 11.7 Å². The molecule has 2 N–H and O–H groups in total. The molecule has 1 atom stereocenters. The molecule has 0 spiro atoms.